The van der Waals surface area contributed by atoms with Gasteiger partial charge in [-0.3, -0.25) is 13.8 Å². The van der Waals surface area contributed by atoms with Crippen molar-refractivity contribution in [2.45, 2.75) is 104 Å². The molecule has 0 heterocycles. The number of carboxylic acids is 1. The zero-order chi connectivity index (χ0) is 22.0. The summed E-state index contributed by atoms with van der Waals surface area (Å²) in [4.78, 5) is 20.1. The van der Waals surface area contributed by atoms with Crippen LogP contribution in [0.25, 0.3) is 0 Å². The fourth-order valence-corrected chi connectivity index (χ4v) is 2.41. The number of carboxylic acid groups (broad SMARTS) is 1. The van der Waals surface area contributed by atoms with Crippen molar-refractivity contribution in [3.05, 3.63) is 12.8 Å². The van der Waals surface area contributed by atoms with Gasteiger partial charge in [-0.1, -0.05) is 90.6 Å². The van der Waals surface area contributed by atoms with Gasteiger partial charge in [-0.05, 0) is 6.42 Å². The highest BCUT2D eigenvalue weighted by Crippen LogP contribution is 2.12. The normalized spacial score (nSPS) is 9.61. The van der Waals surface area contributed by atoms with Crippen LogP contribution in [0.3, 0.4) is 0 Å². The molecule has 0 radical (unpaired) electrons. The van der Waals surface area contributed by atoms with Crippen molar-refractivity contribution in [3.8, 4) is 0 Å². The second-order valence-electron chi connectivity index (χ2n) is 6.90. The Balaban J connectivity index is -0.000000513. The molecule has 0 unspecified atom stereocenters. The summed E-state index contributed by atoms with van der Waals surface area (Å²) in [6.45, 7) is 6.74. The molecule has 5 nitrogen and oxygen atoms in total. The van der Waals surface area contributed by atoms with Gasteiger partial charge in [0, 0.05) is 36.7 Å². The van der Waals surface area contributed by atoms with E-state index in [1.807, 2.05) is 0 Å². The average Bonchev–Trinajstić information content (AvgIpc) is 2.58. The highest BCUT2D eigenvalue weighted by molar-refractivity contribution is 7.83. The van der Waals surface area contributed by atoms with Gasteiger partial charge in [0.15, 0.2) is 0 Å². The molecule has 0 saturated carbocycles. The quantitative estimate of drug-likeness (QED) is 0.193. The lowest BCUT2D eigenvalue weighted by atomic mass is 10.0. The Morgan fingerprint density at radius 2 is 1.18 bits per heavy atom. The van der Waals surface area contributed by atoms with E-state index in [4.69, 9.17) is 5.11 Å². The molecule has 1 N–H and O–H groups in total. The van der Waals surface area contributed by atoms with E-state index in [0.29, 0.717) is 6.42 Å². The van der Waals surface area contributed by atoms with Crippen LogP contribution in [0.1, 0.15) is 104 Å². The smallest absolute Gasteiger partial charge is 0.307 e. The van der Waals surface area contributed by atoms with Crippen LogP contribution in [0.2, 0.25) is 0 Å². The molecule has 0 atom stereocenters. The van der Waals surface area contributed by atoms with E-state index in [0.717, 1.165) is 19.1 Å². The topological polar surface area (TPSA) is 80.7 Å². The molecule has 0 aliphatic heterocycles. The molecule has 0 aromatic heterocycles. The molecule has 0 rings (SSSR count). The van der Waals surface area contributed by atoms with Crippen molar-refractivity contribution in [1.82, 2.24) is 0 Å². The first-order valence-corrected chi connectivity index (χ1v) is 12.5. The summed E-state index contributed by atoms with van der Waals surface area (Å²) in [5, 5.41) is 8.49. The van der Waals surface area contributed by atoms with Gasteiger partial charge in [0.25, 0.3) is 0 Å². The van der Waals surface area contributed by atoms with Gasteiger partial charge < -0.3 is 9.84 Å². The Morgan fingerprint density at radius 3 is 1.39 bits per heavy atom. The molecule has 0 aromatic carbocycles. The summed E-state index contributed by atoms with van der Waals surface area (Å²) >= 11 is 0. The lowest BCUT2D eigenvalue weighted by molar-refractivity contribution is -0.137. The van der Waals surface area contributed by atoms with E-state index in [-0.39, 0.29) is 5.97 Å². The standard InChI is InChI=1S/C16H32O2.C4H6O2.C2H6OS/c1-2-3-4-5-6-7-8-9-10-11-12-13-14-15-16(17)18;1-3-6-4(2)5;1-4(2)3/h2-15H2,1H3,(H,17,18);3H,1H2,2H3;1-2H3. The monoisotopic (exact) mass is 420 g/mol. The third kappa shape index (κ3) is 49.8. The molecule has 0 bridgehead atoms. The Labute approximate surface area is 175 Å². The number of esters is 1. The molecule has 0 amide bonds. The number of rotatable bonds is 15. The van der Waals surface area contributed by atoms with Crippen molar-refractivity contribution < 1.29 is 23.6 Å². The molecule has 28 heavy (non-hydrogen) atoms. The highest BCUT2D eigenvalue weighted by Gasteiger charge is 1.96. The van der Waals surface area contributed by atoms with E-state index < -0.39 is 16.8 Å². The number of hydrogen-bond donors (Lipinski definition) is 1. The average molecular weight is 421 g/mol. The second-order valence-corrected chi connectivity index (χ2v) is 8.39. The summed E-state index contributed by atoms with van der Waals surface area (Å²) in [6.07, 6.45) is 21.6. The fraction of sp³-hybridized carbons (Fsp3) is 0.818. The van der Waals surface area contributed by atoms with Crippen molar-refractivity contribution in [2.75, 3.05) is 12.5 Å². The summed E-state index contributed by atoms with van der Waals surface area (Å²) in [5.41, 5.74) is 0. The molecule has 0 fully saturated rings. The molecule has 0 spiro atoms. The predicted molar refractivity (Wildman–Crippen MR) is 120 cm³/mol. The Bertz CT molecular complexity index is 379. The molecular formula is C22H44O5S. The minimum Gasteiger partial charge on any atom is -0.481 e. The number of carbonyl (C=O) groups is 2. The fourth-order valence-electron chi connectivity index (χ4n) is 2.41. The van der Waals surface area contributed by atoms with Gasteiger partial charge in [0.1, 0.15) is 0 Å². The SMILES string of the molecule is C=COC(C)=O.CCCCCCCCCCCCCCCC(=O)O.CS(C)=O. The van der Waals surface area contributed by atoms with Gasteiger partial charge in [-0.25, -0.2) is 0 Å². The van der Waals surface area contributed by atoms with Crippen LogP contribution in [0.4, 0.5) is 0 Å². The first kappa shape index (κ1) is 31.5. The third-order valence-corrected chi connectivity index (χ3v) is 3.74. The van der Waals surface area contributed by atoms with Crippen LogP contribution in [0, 0.1) is 0 Å². The van der Waals surface area contributed by atoms with Crippen molar-refractivity contribution in [1.29, 1.82) is 0 Å². The van der Waals surface area contributed by atoms with Gasteiger partial charge in [0.2, 0.25) is 0 Å². The van der Waals surface area contributed by atoms with Crippen LogP contribution in [-0.2, 0) is 25.1 Å². The van der Waals surface area contributed by atoms with E-state index in [9.17, 15) is 13.8 Å². The Morgan fingerprint density at radius 1 is 0.857 bits per heavy atom. The summed E-state index contributed by atoms with van der Waals surface area (Å²) in [7, 11) is -0.611. The largest absolute Gasteiger partial charge is 0.481 e. The maximum Gasteiger partial charge on any atom is 0.307 e. The lowest BCUT2D eigenvalue weighted by Crippen LogP contribution is -1.93. The van der Waals surface area contributed by atoms with E-state index in [1.165, 1.54) is 77.6 Å². The van der Waals surface area contributed by atoms with E-state index in [2.05, 4.69) is 18.2 Å². The van der Waals surface area contributed by atoms with Crippen molar-refractivity contribution >= 4 is 22.7 Å². The Kier molecular flexibility index (Phi) is 31.6. The first-order chi connectivity index (χ1) is 13.3. The number of ether oxygens (including phenoxy) is 1. The Hall–Kier alpha value is -1.17. The van der Waals surface area contributed by atoms with Crippen molar-refractivity contribution in [3.63, 3.8) is 0 Å². The number of carbonyl (C=O) groups excluding carboxylic acids is 1. The zero-order valence-electron chi connectivity index (χ0n) is 18.7. The van der Waals surface area contributed by atoms with Crippen LogP contribution >= 0.6 is 0 Å². The summed E-state index contributed by atoms with van der Waals surface area (Å²) < 4.78 is 13.7. The lowest BCUT2D eigenvalue weighted by Gasteiger charge is -2.02. The molecule has 0 aliphatic rings. The van der Waals surface area contributed by atoms with Crippen LogP contribution < -0.4 is 0 Å². The van der Waals surface area contributed by atoms with Crippen LogP contribution in [-0.4, -0.2) is 33.8 Å². The maximum atomic E-state index is 10.3. The number of aliphatic carboxylic acids is 1. The highest BCUT2D eigenvalue weighted by atomic mass is 32.2. The molecular weight excluding hydrogens is 376 g/mol. The summed E-state index contributed by atoms with van der Waals surface area (Å²) in [5.74, 6) is -0.983. The minimum atomic E-state index is -0.655. The zero-order valence-corrected chi connectivity index (χ0v) is 19.5. The maximum absolute atomic E-state index is 10.3. The second kappa shape index (κ2) is 28.0. The molecule has 0 aromatic rings. The van der Waals surface area contributed by atoms with Gasteiger partial charge in [0.05, 0.1) is 6.26 Å². The molecule has 168 valence electrons. The molecule has 6 heteroatoms. The van der Waals surface area contributed by atoms with Gasteiger partial charge >= 0.3 is 11.9 Å². The van der Waals surface area contributed by atoms with Crippen molar-refractivity contribution in [2.24, 2.45) is 0 Å². The van der Waals surface area contributed by atoms with Crippen LogP contribution in [0.5, 0.6) is 0 Å². The predicted octanol–water partition coefficient (Wildman–Crippen LogP) is 6.24. The van der Waals surface area contributed by atoms with E-state index in [1.54, 1.807) is 12.5 Å². The van der Waals surface area contributed by atoms with Gasteiger partial charge in [-0.15, -0.1) is 0 Å². The molecule has 0 saturated heterocycles. The first-order valence-electron chi connectivity index (χ1n) is 10.5. The number of hydrogen-bond acceptors (Lipinski definition) is 4. The summed E-state index contributed by atoms with van der Waals surface area (Å²) in [6, 6.07) is 0. The molecule has 0 aliphatic carbocycles. The third-order valence-electron chi connectivity index (χ3n) is 3.74. The van der Waals surface area contributed by atoms with Crippen LogP contribution in [0.15, 0.2) is 12.8 Å². The van der Waals surface area contributed by atoms with E-state index >= 15 is 0 Å². The van der Waals surface area contributed by atoms with Gasteiger partial charge in [-0.2, -0.15) is 0 Å². The number of unbranched alkanes of at least 4 members (excludes halogenated alkanes) is 12. The minimum absolute atomic E-state index is 0.329.